The molecule has 4 rings (SSSR count). The number of methoxy groups -OCH3 is 1. The Kier molecular flexibility index (Phi) is 11.4. The Morgan fingerprint density at radius 1 is 1.07 bits per heavy atom. The number of ether oxygens (including phenoxy) is 2. The van der Waals surface area contributed by atoms with E-state index in [4.69, 9.17) is 16.3 Å². The zero-order chi connectivity index (χ0) is 32.5. The number of cyclic esters (lactones) is 1. The van der Waals surface area contributed by atoms with Gasteiger partial charge in [0.05, 0.1) is 24.9 Å². The average Bonchev–Trinajstić information content (AvgIpc) is 2.99. The molecule has 1 aliphatic rings. The monoisotopic (exact) mass is 638 g/mol. The molecule has 0 saturated carbocycles. The summed E-state index contributed by atoms with van der Waals surface area (Å²) in [6.45, 7) is 2.37. The van der Waals surface area contributed by atoms with Crippen molar-refractivity contribution in [3.8, 4) is 11.1 Å². The van der Waals surface area contributed by atoms with Crippen LogP contribution in [0.15, 0.2) is 54.6 Å². The lowest BCUT2D eigenvalue weighted by Crippen LogP contribution is -2.30. The number of fused-ring (bicyclic) bond motifs is 1. The van der Waals surface area contributed by atoms with Gasteiger partial charge in [-0.25, -0.2) is 14.0 Å². The molecule has 1 atom stereocenters. The van der Waals surface area contributed by atoms with Crippen LogP contribution >= 0.6 is 11.6 Å². The lowest BCUT2D eigenvalue weighted by atomic mass is 9.98. The summed E-state index contributed by atoms with van der Waals surface area (Å²) in [5.41, 5.74) is 3.62. The number of amides is 4. The van der Waals surface area contributed by atoms with Gasteiger partial charge >= 0.3 is 12.2 Å². The molecule has 1 heterocycles. The van der Waals surface area contributed by atoms with E-state index in [9.17, 15) is 23.6 Å². The predicted molar refractivity (Wildman–Crippen MR) is 171 cm³/mol. The lowest BCUT2D eigenvalue weighted by Gasteiger charge is -2.27. The lowest BCUT2D eigenvalue weighted by molar-refractivity contribution is -0.129. The number of carbonyl (C=O) groups excluding carboxylic acids is 4. The molecule has 238 valence electrons. The van der Waals surface area contributed by atoms with Crippen LogP contribution in [0, 0.1) is 5.82 Å². The number of benzene rings is 3. The van der Waals surface area contributed by atoms with Crippen LogP contribution in [0.25, 0.3) is 11.1 Å². The number of nitrogens with one attached hydrogen (secondary N) is 3. The molecule has 4 amide bonds. The summed E-state index contributed by atoms with van der Waals surface area (Å²) in [4.78, 5) is 51.0. The number of likely N-dealkylation sites (N-methyl/N-ethyl adjacent to an activating group) is 1. The van der Waals surface area contributed by atoms with Gasteiger partial charge in [0, 0.05) is 41.9 Å². The highest BCUT2D eigenvalue weighted by atomic mass is 35.5. The van der Waals surface area contributed by atoms with E-state index in [1.807, 2.05) is 6.92 Å². The van der Waals surface area contributed by atoms with Crippen LogP contribution in [0.5, 0.6) is 0 Å². The van der Waals surface area contributed by atoms with E-state index in [0.29, 0.717) is 71.0 Å². The van der Waals surface area contributed by atoms with Crippen molar-refractivity contribution < 1.29 is 33.0 Å². The van der Waals surface area contributed by atoms with E-state index < -0.39 is 24.1 Å². The van der Waals surface area contributed by atoms with Gasteiger partial charge in [0.2, 0.25) is 11.8 Å². The van der Waals surface area contributed by atoms with Gasteiger partial charge in [0.15, 0.2) is 0 Å². The number of nitrogens with zero attached hydrogens (tertiary/aromatic N) is 1. The SMILES string of the molecule is CCCCC(=O)Nc1cc(NC(=O)OC)ccc1-c1cc(F)cc(CC(=O)N(C)CCCC2OC(=O)Nc3ccc(Cl)cc32)c1. The Morgan fingerprint density at radius 2 is 1.87 bits per heavy atom. The smallest absolute Gasteiger partial charge is 0.412 e. The van der Waals surface area contributed by atoms with Crippen LogP contribution < -0.4 is 16.0 Å². The first-order valence-electron chi connectivity index (χ1n) is 14.7. The van der Waals surface area contributed by atoms with E-state index in [-0.39, 0.29) is 18.2 Å². The van der Waals surface area contributed by atoms with E-state index in [0.717, 1.165) is 12.0 Å². The van der Waals surface area contributed by atoms with Crippen LogP contribution in [-0.4, -0.2) is 49.6 Å². The number of unbranched alkanes of at least 4 members (excludes halogenated alkanes) is 1. The maximum absolute atomic E-state index is 14.9. The van der Waals surface area contributed by atoms with Crippen LogP contribution in [0.1, 0.15) is 56.3 Å². The van der Waals surface area contributed by atoms with Gasteiger partial charge in [-0.15, -0.1) is 0 Å². The molecule has 45 heavy (non-hydrogen) atoms. The maximum atomic E-state index is 14.9. The number of carbonyl (C=O) groups is 4. The predicted octanol–water partition coefficient (Wildman–Crippen LogP) is 7.54. The molecular weight excluding hydrogens is 603 g/mol. The standard InChI is InChI=1S/C33H36ClFN4O6/c1-4-5-8-30(40)37-28-19-24(36-32(42)44-3)10-11-25(28)21-14-20(15-23(35)17-21)16-31(41)39(2)13-6-7-29-26-18-22(34)9-12-27(26)38-33(43)45-29/h9-12,14-15,17-19,29H,4-8,13,16H2,1-3H3,(H,36,42)(H,37,40)(H,38,43). The molecular formula is C33H36ClFN4O6. The minimum absolute atomic E-state index is 0.0534. The molecule has 0 bridgehead atoms. The van der Waals surface area contributed by atoms with Crippen LogP contribution in [-0.2, 0) is 25.5 Å². The third-order valence-corrected chi connectivity index (χ3v) is 7.57. The number of anilines is 3. The zero-order valence-corrected chi connectivity index (χ0v) is 26.1. The van der Waals surface area contributed by atoms with E-state index in [2.05, 4.69) is 20.7 Å². The normalized spacial score (nSPS) is 13.6. The van der Waals surface area contributed by atoms with Gasteiger partial charge in [-0.1, -0.05) is 37.1 Å². The largest absolute Gasteiger partial charge is 0.453 e. The molecule has 0 radical (unpaired) electrons. The summed E-state index contributed by atoms with van der Waals surface area (Å²) in [7, 11) is 2.91. The number of hydrogen-bond acceptors (Lipinski definition) is 6. The number of rotatable bonds is 12. The van der Waals surface area contributed by atoms with E-state index in [1.165, 1.54) is 19.2 Å². The van der Waals surface area contributed by atoms with Crippen molar-refractivity contribution in [1.29, 1.82) is 0 Å². The quantitative estimate of drug-likeness (QED) is 0.188. The molecule has 0 fully saturated rings. The Hall–Kier alpha value is -4.64. The fourth-order valence-electron chi connectivity index (χ4n) is 5.01. The van der Waals surface area contributed by atoms with Gasteiger partial charge in [0.25, 0.3) is 0 Å². The molecule has 3 N–H and O–H groups in total. The molecule has 3 aromatic carbocycles. The summed E-state index contributed by atoms with van der Waals surface area (Å²) in [6, 6.07) is 14.3. The Morgan fingerprint density at radius 3 is 2.62 bits per heavy atom. The molecule has 0 aromatic heterocycles. The second-order valence-electron chi connectivity index (χ2n) is 10.8. The van der Waals surface area contributed by atoms with Crippen molar-refractivity contribution in [2.75, 3.05) is 36.7 Å². The third-order valence-electron chi connectivity index (χ3n) is 7.34. The van der Waals surface area contributed by atoms with E-state index >= 15 is 0 Å². The van der Waals surface area contributed by atoms with Crippen molar-refractivity contribution in [1.82, 2.24) is 4.90 Å². The summed E-state index contributed by atoms with van der Waals surface area (Å²) < 4.78 is 25.0. The highest BCUT2D eigenvalue weighted by Crippen LogP contribution is 2.36. The molecule has 12 heteroatoms. The van der Waals surface area contributed by atoms with Crippen molar-refractivity contribution in [2.24, 2.45) is 0 Å². The highest BCUT2D eigenvalue weighted by molar-refractivity contribution is 6.30. The third kappa shape index (κ3) is 9.18. The van der Waals surface area contributed by atoms with E-state index in [1.54, 1.807) is 54.4 Å². The van der Waals surface area contributed by atoms with Crippen molar-refractivity contribution >= 4 is 52.7 Å². The molecule has 3 aromatic rings. The second kappa shape index (κ2) is 15.4. The Bertz CT molecular complexity index is 1580. The topological polar surface area (TPSA) is 126 Å². The average molecular weight is 639 g/mol. The van der Waals surface area contributed by atoms with Crippen LogP contribution in [0.3, 0.4) is 0 Å². The number of hydrogen-bond donors (Lipinski definition) is 3. The first kappa shape index (κ1) is 33.3. The molecule has 10 nitrogen and oxygen atoms in total. The number of halogens is 2. The minimum atomic E-state index is -0.673. The fourth-order valence-corrected chi connectivity index (χ4v) is 5.19. The molecule has 0 aliphatic carbocycles. The highest BCUT2D eigenvalue weighted by Gasteiger charge is 2.26. The molecule has 1 aliphatic heterocycles. The van der Waals surface area contributed by atoms with Crippen LogP contribution in [0.2, 0.25) is 5.02 Å². The summed E-state index contributed by atoms with van der Waals surface area (Å²) in [5.74, 6) is -0.973. The second-order valence-corrected chi connectivity index (χ2v) is 11.2. The first-order valence-corrected chi connectivity index (χ1v) is 15.0. The van der Waals surface area contributed by atoms with Gasteiger partial charge in [-0.05, 0) is 72.9 Å². The van der Waals surface area contributed by atoms with Gasteiger partial charge in [0.1, 0.15) is 11.9 Å². The minimum Gasteiger partial charge on any atom is -0.453 e. The van der Waals surface area contributed by atoms with Crippen LogP contribution in [0.4, 0.5) is 31.0 Å². The maximum Gasteiger partial charge on any atom is 0.412 e. The summed E-state index contributed by atoms with van der Waals surface area (Å²) in [6.07, 6.45) is 1.12. The molecule has 0 saturated heterocycles. The van der Waals surface area contributed by atoms with Gasteiger partial charge in [-0.2, -0.15) is 0 Å². The zero-order valence-electron chi connectivity index (χ0n) is 25.4. The van der Waals surface area contributed by atoms with Gasteiger partial charge in [-0.3, -0.25) is 20.2 Å². The molecule has 0 spiro atoms. The van der Waals surface area contributed by atoms with Crippen molar-refractivity contribution in [3.63, 3.8) is 0 Å². The summed E-state index contributed by atoms with van der Waals surface area (Å²) >= 11 is 6.14. The fraction of sp³-hybridized carbons (Fsp3) is 0.333. The Balaban J connectivity index is 1.45. The first-order chi connectivity index (χ1) is 21.6. The van der Waals surface area contributed by atoms with Crippen molar-refractivity contribution in [3.05, 3.63) is 76.6 Å². The molecule has 1 unspecified atom stereocenters. The Labute approximate surface area is 266 Å². The van der Waals surface area contributed by atoms with Crippen molar-refractivity contribution in [2.45, 2.75) is 51.6 Å². The summed E-state index contributed by atoms with van der Waals surface area (Å²) in [5, 5.41) is 8.62. The van der Waals surface area contributed by atoms with Gasteiger partial charge < -0.3 is 19.7 Å².